The van der Waals surface area contributed by atoms with Crippen LogP contribution in [0, 0.1) is 5.92 Å². The molecule has 0 amide bonds. The Labute approximate surface area is 204 Å². The maximum Gasteiger partial charge on any atom is 0.191 e. The molecule has 0 radical (unpaired) electrons. The SMILES string of the molecule is CCNC(=NCc1nccn1CC(C)C)NC1CCN(Cc2ccccc2)C(C)C1.I. The Morgan fingerprint density at radius 2 is 2.03 bits per heavy atom. The van der Waals surface area contributed by atoms with Gasteiger partial charge in [-0.25, -0.2) is 9.98 Å². The van der Waals surface area contributed by atoms with Crippen molar-refractivity contribution in [2.24, 2.45) is 10.9 Å². The largest absolute Gasteiger partial charge is 0.357 e. The standard InChI is InChI=1S/C24H38N6.HI/c1-5-25-24(27-16-23-26-12-14-30(23)17-19(2)3)28-22-11-13-29(20(4)15-22)18-21-9-7-6-8-10-21;/h6-10,12,14,19-20,22H,5,11,13,15-18H2,1-4H3,(H2,25,27,28);1H. The molecule has 3 rings (SSSR count). The van der Waals surface area contributed by atoms with E-state index in [-0.39, 0.29) is 24.0 Å². The zero-order valence-corrected chi connectivity index (χ0v) is 21.8. The van der Waals surface area contributed by atoms with Crippen molar-refractivity contribution in [3.05, 3.63) is 54.1 Å². The van der Waals surface area contributed by atoms with Crippen LogP contribution in [0.2, 0.25) is 0 Å². The number of piperidine rings is 1. The first kappa shape index (κ1) is 25.6. The summed E-state index contributed by atoms with van der Waals surface area (Å²) in [4.78, 5) is 11.9. The van der Waals surface area contributed by atoms with Gasteiger partial charge in [0.1, 0.15) is 12.4 Å². The lowest BCUT2D eigenvalue weighted by molar-refractivity contribution is 0.134. The van der Waals surface area contributed by atoms with Crippen LogP contribution in [0.4, 0.5) is 0 Å². The van der Waals surface area contributed by atoms with Crippen molar-refractivity contribution in [3.63, 3.8) is 0 Å². The van der Waals surface area contributed by atoms with E-state index in [4.69, 9.17) is 4.99 Å². The highest BCUT2D eigenvalue weighted by molar-refractivity contribution is 14.0. The molecule has 0 spiro atoms. The molecule has 172 valence electrons. The molecule has 1 saturated heterocycles. The van der Waals surface area contributed by atoms with Crippen LogP contribution in [0.15, 0.2) is 47.7 Å². The van der Waals surface area contributed by atoms with Crippen molar-refractivity contribution >= 4 is 29.9 Å². The minimum absolute atomic E-state index is 0. The molecule has 1 aromatic carbocycles. The fraction of sp³-hybridized carbons (Fsp3) is 0.583. The highest BCUT2D eigenvalue weighted by Crippen LogP contribution is 2.20. The van der Waals surface area contributed by atoms with Gasteiger partial charge in [0.05, 0.1) is 0 Å². The van der Waals surface area contributed by atoms with Crippen LogP contribution >= 0.6 is 24.0 Å². The summed E-state index contributed by atoms with van der Waals surface area (Å²) in [5, 5.41) is 7.08. The molecule has 1 fully saturated rings. The van der Waals surface area contributed by atoms with E-state index in [2.05, 4.69) is 89.3 Å². The topological polar surface area (TPSA) is 57.5 Å². The van der Waals surface area contributed by atoms with E-state index >= 15 is 0 Å². The van der Waals surface area contributed by atoms with Crippen LogP contribution < -0.4 is 10.6 Å². The van der Waals surface area contributed by atoms with Gasteiger partial charge in [-0.05, 0) is 38.2 Å². The average molecular weight is 539 g/mol. The van der Waals surface area contributed by atoms with Gasteiger partial charge in [0, 0.05) is 50.7 Å². The number of aliphatic imine (C=N–C) groups is 1. The summed E-state index contributed by atoms with van der Waals surface area (Å²) in [5.74, 6) is 2.51. The lowest BCUT2D eigenvalue weighted by atomic mass is 9.97. The zero-order chi connectivity index (χ0) is 21.3. The summed E-state index contributed by atoms with van der Waals surface area (Å²) >= 11 is 0. The minimum Gasteiger partial charge on any atom is -0.357 e. The molecule has 2 N–H and O–H groups in total. The number of guanidine groups is 1. The van der Waals surface area contributed by atoms with Crippen molar-refractivity contribution in [2.75, 3.05) is 13.1 Å². The maximum atomic E-state index is 4.83. The number of nitrogens with one attached hydrogen (secondary N) is 2. The Morgan fingerprint density at radius 1 is 1.26 bits per heavy atom. The third-order valence-electron chi connectivity index (χ3n) is 5.67. The third kappa shape index (κ3) is 8.11. The number of imidazole rings is 1. The van der Waals surface area contributed by atoms with E-state index in [1.807, 2.05) is 6.20 Å². The maximum absolute atomic E-state index is 4.83. The van der Waals surface area contributed by atoms with Gasteiger partial charge in [-0.1, -0.05) is 44.2 Å². The summed E-state index contributed by atoms with van der Waals surface area (Å²) in [5.41, 5.74) is 1.39. The van der Waals surface area contributed by atoms with Gasteiger partial charge in [-0.2, -0.15) is 0 Å². The quantitative estimate of drug-likeness (QED) is 0.300. The lowest BCUT2D eigenvalue weighted by Crippen LogP contribution is -2.51. The molecule has 1 aliphatic heterocycles. The number of halogens is 1. The summed E-state index contributed by atoms with van der Waals surface area (Å²) in [6.07, 6.45) is 6.18. The number of hydrogen-bond acceptors (Lipinski definition) is 3. The first-order valence-electron chi connectivity index (χ1n) is 11.4. The molecule has 1 aliphatic rings. The normalized spacial score (nSPS) is 19.8. The van der Waals surface area contributed by atoms with Crippen molar-refractivity contribution in [1.29, 1.82) is 0 Å². The van der Waals surface area contributed by atoms with Crippen LogP contribution in [0.1, 0.15) is 51.9 Å². The number of rotatable bonds is 8. The van der Waals surface area contributed by atoms with Gasteiger partial charge in [-0.15, -0.1) is 24.0 Å². The first-order valence-corrected chi connectivity index (χ1v) is 11.4. The summed E-state index contributed by atoms with van der Waals surface area (Å²) in [6, 6.07) is 11.8. The lowest BCUT2D eigenvalue weighted by Gasteiger charge is -2.38. The molecule has 0 aliphatic carbocycles. The highest BCUT2D eigenvalue weighted by Gasteiger charge is 2.26. The zero-order valence-electron chi connectivity index (χ0n) is 19.4. The number of nitrogens with zero attached hydrogens (tertiary/aromatic N) is 4. The van der Waals surface area contributed by atoms with Gasteiger partial charge in [0.2, 0.25) is 0 Å². The average Bonchev–Trinajstić information content (AvgIpc) is 3.15. The monoisotopic (exact) mass is 538 g/mol. The van der Waals surface area contributed by atoms with Gasteiger partial charge in [0.25, 0.3) is 0 Å². The Bertz CT molecular complexity index is 788. The number of benzene rings is 1. The predicted molar refractivity (Wildman–Crippen MR) is 140 cm³/mol. The Morgan fingerprint density at radius 3 is 2.71 bits per heavy atom. The second-order valence-electron chi connectivity index (χ2n) is 8.76. The second-order valence-corrected chi connectivity index (χ2v) is 8.76. The van der Waals surface area contributed by atoms with E-state index in [1.54, 1.807) is 0 Å². The van der Waals surface area contributed by atoms with E-state index in [0.29, 0.717) is 24.5 Å². The number of aromatic nitrogens is 2. The second kappa shape index (κ2) is 13.1. The molecule has 2 atom stereocenters. The van der Waals surface area contributed by atoms with Crippen molar-refractivity contribution < 1.29 is 0 Å². The third-order valence-corrected chi connectivity index (χ3v) is 5.67. The molecule has 0 bridgehead atoms. The molecular formula is C24H39IN6. The van der Waals surface area contributed by atoms with Gasteiger partial charge in [-0.3, -0.25) is 4.90 Å². The van der Waals surface area contributed by atoms with Gasteiger partial charge < -0.3 is 15.2 Å². The molecule has 1 aromatic heterocycles. The first-order chi connectivity index (χ1) is 14.5. The summed E-state index contributed by atoms with van der Waals surface area (Å²) in [6.45, 7) is 13.5. The molecule has 2 heterocycles. The number of hydrogen-bond donors (Lipinski definition) is 2. The van der Waals surface area contributed by atoms with Gasteiger partial charge in [0.15, 0.2) is 5.96 Å². The molecule has 2 unspecified atom stereocenters. The van der Waals surface area contributed by atoms with E-state index < -0.39 is 0 Å². The number of likely N-dealkylation sites (tertiary alicyclic amines) is 1. The van der Waals surface area contributed by atoms with E-state index in [0.717, 1.165) is 50.8 Å². The van der Waals surface area contributed by atoms with Crippen molar-refractivity contribution in [1.82, 2.24) is 25.1 Å². The predicted octanol–water partition coefficient (Wildman–Crippen LogP) is 4.27. The molecule has 2 aromatic rings. The summed E-state index contributed by atoms with van der Waals surface area (Å²) < 4.78 is 2.21. The molecule has 31 heavy (non-hydrogen) atoms. The Hall–Kier alpha value is -1.61. The Balaban J connectivity index is 0.00000341. The molecule has 7 heteroatoms. The van der Waals surface area contributed by atoms with Crippen LogP contribution in [-0.2, 0) is 19.6 Å². The van der Waals surface area contributed by atoms with Crippen molar-refractivity contribution in [2.45, 2.75) is 72.3 Å². The van der Waals surface area contributed by atoms with Crippen LogP contribution in [0.3, 0.4) is 0 Å². The highest BCUT2D eigenvalue weighted by atomic mass is 127. The summed E-state index contributed by atoms with van der Waals surface area (Å²) in [7, 11) is 0. The van der Waals surface area contributed by atoms with Crippen LogP contribution in [0.5, 0.6) is 0 Å². The van der Waals surface area contributed by atoms with Crippen LogP contribution in [0.25, 0.3) is 0 Å². The molecular weight excluding hydrogens is 499 g/mol. The fourth-order valence-electron chi connectivity index (χ4n) is 4.12. The molecule has 0 saturated carbocycles. The van der Waals surface area contributed by atoms with Gasteiger partial charge >= 0.3 is 0 Å². The van der Waals surface area contributed by atoms with E-state index in [9.17, 15) is 0 Å². The smallest absolute Gasteiger partial charge is 0.191 e. The van der Waals surface area contributed by atoms with Crippen molar-refractivity contribution in [3.8, 4) is 0 Å². The Kier molecular flexibility index (Phi) is 10.8. The van der Waals surface area contributed by atoms with Crippen LogP contribution in [-0.4, -0.2) is 45.6 Å². The van der Waals surface area contributed by atoms with E-state index in [1.165, 1.54) is 5.56 Å². The fourth-order valence-corrected chi connectivity index (χ4v) is 4.12. The minimum atomic E-state index is 0. The molecule has 6 nitrogen and oxygen atoms in total.